The number of amidine groups is 1. The Morgan fingerprint density at radius 3 is 2.59 bits per heavy atom. The molecule has 5 heteroatoms. The number of halogens is 1. The van der Waals surface area contributed by atoms with Crippen molar-refractivity contribution in [1.82, 2.24) is 4.98 Å². The standard InChI is InChI=1S/C22H14FN3O/c23-15-8-6-14(7-9-15)21-24-19-10-5-13(12-20(19)25-21)11-17-16-3-1-2-4-18(16)26-22(17)27/h1-12,26-27H/b13-11-. The Kier molecular flexibility index (Phi) is 3.40. The molecule has 0 unspecified atom stereocenters. The van der Waals surface area contributed by atoms with Crippen LogP contribution in [0.3, 0.4) is 0 Å². The number of aromatic hydroxyl groups is 1. The molecule has 0 bridgehead atoms. The van der Waals surface area contributed by atoms with E-state index in [2.05, 4.69) is 15.0 Å². The molecule has 1 aromatic heterocycles. The van der Waals surface area contributed by atoms with Gasteiger partial charge in [0.1, 0.15) is 5.82 Å². The number of fused-ring (bicyclic) bond motifs is 2. The number of para-hydroxylation sites is 1. The molecule has 3 aromatic carbocycles. The van der Waals surface area contributed by atoms with E-state index in [1.54, 1.807) is 12.1 Å². The molecule has 2 N–H and O–H groups in total. The summed E-state index contributed by atoms with van der Waals surface area (Å²) in [5.74, 6) is 0.416. The van der Waals surface area contributed by atoms with Gasteiger partial charge in [0.2, 0.25) is 0 Å². The third-order valence-corrected chi connectivity index (χ3v) is 4.59. The van der Waals surface area contributed by atoms with E-state index < -0.39 is 0 Å². The number of aromatic amines is 1. The molecule has 0 atom stereocenters. The number of hydrogen-bond donors (Lipinski definition) is 2. The minimum atomic E-state index is -0.287. The van der Waals surface area contributed by atoms with Crippen LogP contribution in [-0.2, 0) is 0 Å². The zero-order valence-corrected chi connectivity index (χ0v) is 14.1. The summed E-state index contributed by atoms with van der Waals surface area (Å²) < 4.78 is 13.1. The van der Waals surface area contributed by atoms with E-state index >= 15 is 0 Å². The molecular formula is C22H14FN3O. The number of nitrogens with zero attached hydrogens (tertiary/aromatic N) is 2. The van der Waals surface area contributed by atoms with Gasteiger partial charge in [0.25, 0.3) is 0 Å². The van der Waals surface area contributed by atoms with Crippen LogP contribution in [0.4, 0.5) is 10.1 Å². The molecule has 4 nitrogen and oxygen atoms in total. The molecule has 1 aliphatic rings. The van der Waals surface area contributed by atoms with Crippen molar-refractivity contribution in [2.45, 2.75) is 0 Å². The molecule has 27 heavy (non-hydrogen) atoms. The van der Waals surface area contributed by atoms with Crippen molar-refractivity contribution in [3.8, 4) is 5.88 Å². The number of rotatable bonds is 2. The highest BCUT2D eigenvalue weighted by molar-refractivity contribution is 6.02. The molecule has 0 saturated heterocycles. The Bertz CT molecular complexity index is 1330. The first-order chi connectivity index (χ1) is 13.2. The minimum Gasteiger partial charge on any atom is -0.494 e. The summed E-state index contributed by atoms with van der Waals surface area (Å²) in [6.07, 6.45) is 1.92. The monoisotopic (exact) mass is 355 g/mol. The molecule has 2 heterocycles. The van der Waals surface area contributed by atoms with E-state index in [0.717, 1.165) is 38.3 Å². The first-order valence-corrected chi connectivity index (χ1v) is 8.52. The first kappa shape index (κ1) is 15.5. The van der Waals surface area contributed by atoms with Gasteiger partial charge >= 0.3 is 0 Å². The van der Waals surface area contributed by atoms with Crippen LogP contribution >= 0.6 is 0 Å². The smallest absolute Gasteiger partial charge is 0.196 e. The predicted octanol–water partition coefficient (Wildman–Crippen LogP) is 3.55. The van der Waals surface area contributed by atoms with Gasteiger partial charge in [0.15, 0.2) is 11.7 Å². The fourth-order valence-electron chi connectivity index (χ4n) is 3.26. The molecule has 0 fully saturated rings. The molecule has 0 aliphatic carbocycles. The van der Waals surface area contributed by atoms with E-state index in [1.165, 1.54) is 12.1 Å². The van der Waals surface area contributed by atoms with Gasteiger partial charge in [-0.2, -0.15) is 0 Å². The Balaban J connectivity index is 1.60. The lowest BCUT2D eigenvalue weighted by Gasteiger charge is -1.96. The summed E-state index contributed by atoms with van der Waals surface area (Å²) >= 11 is 0. The number of aliphatic imine (C=N–C) groups is 1. The van der Waals surface area contributed by atoms with Crippen molar-refractivity contribution in [2.24, 2.45) is 9.98 Å². The fourth-order valence-corrected chi connectivity index (χ4v) is 3.26. The lowest BCUT2D eigenvalue weighted by atomic mass is 10.1. The van der Waals surface area contributed by atoms with Gasteiger partial charge in [-0.3, -0.25) is 0 Å². The average Bonchev–Trinajstić information content (AvgIpc) is 3.23. The second kappa shape index (κ2) is 5.92. The van der Waals surface area contributed by atoms with Crippen LogP contribution in [0.25, 0.3) is 17.0 Å². The maximum atomic E-state index is 13.1. The summed E-state index contributed by atoms with van der Waals surface area (Å²) in [6.45, 7) is 0. The quantitative estimate of drug-likeness (QED) is 0.568. The van der Waals surface area contributed by atoms with Crippen molar-refractivity contribution in [1.29, 1.82) is 0 Å². The van der Waals surface area contributed by atoms with E-state index in [0.29, 0.717) is 5.84 Å². The highest BCUT2D eigenvalue weighted by atomic mass is 19.1. The van der Waals surface area contributed by atoms with Crippen LogP contribution in [0, 0.1) is 5.82 Å². The zero-order chi connectivity index (χ0) is 18.4. The Morgan fingerprint density at radius 2 is 1.74 bits per heavy atom. The van der Waals surface area contributed by atoms with Crippen LogP contribution < -0.4 is 10.6 Å². The third kappa shape index (κ3) is 2.69. The molecular weight excluding hydrogens is 341 g/mol. The zero-order valence-electron chi connectivity index (χ0n) is 14.1. The molecule has 4 aromatic rings. The number of aromatic nitrogens is 1. The first-order valence-electron chi connectivity index (χ1n) is 8.52. The molecule has 0 saturated carbocycles. The van der Waals surface area contributed by atoms with Gasteiger partial charge in [-0.05, 0) is 53.8 Å². The molecule has 0 spiro atoms. The number of benzene rings is 3. The summed E-state index contributed by atoms with van der Waals surface area (Å²) in [4.78, 5) is 12.1. The van der Waals surface area contributed by atoms with Gasteiger partial charge in [0, 0.05) is 22.0 Å². The molecule has 130 valence electrons. The molecule has 5 rings (SSSR count). The largest absolute Gasteiger partial charge is 0.494 e. The average molecular weight is 355 g/mol. The van der Waals surface area contributed by atoms with E-state index in [-0.39, 0.29) is 11.7 Å². The van der Waals surface area contributed by atoms with Gasteiger partial charge < -0.3 is 10.1 Å². The molecule has 1 aliphatic heterocycles. The van der Waals surface area contributed by atoms with Gasteiger partial charge in [-0.25, -0.2) is 14.4 Å². The van der Waals surface area contributed by atoms with Gasteiger partial charge in [-0.1, -0.05) is 24.3 Å². The summed E-state index contributed by atoms with van der Waals surface area (Å²) in [6, 6.07) is 19.6. The predicted molar refractivity (Wildman–Crippen MR) is 103 cm³/mol. The van der Waals surface area contributed by atoms with Crippen molar-refractivity contribution >= 4 is 28.5 Å². The number of H-pyrrole nitrogens is 1. The van der Waals surface area contributed by atoms with Crippen LogP contribution in [0.2, 0.25) is 0 Å². The maximum absolute atomic E-state index is 13.1. The van der Waals surface area contributed by atoms with E-state index in [9.17, 15) is 9.50 Å². The van der Waals surface area contributed by atoms with Gasteiger partial charge in [-0.15, -0.1) is 0 Å². The maximum Gasteiger partial charge on any atom is 0.196 e. The second-order valence-corrected chi connectivity index (χ2v) is 6.38. The van der Waals surface area contributed by atoms with Crippen molar-refractivity contribution in [3.05, 3.63) is 94.3 Å². The normalized spacial score (nSPS) is 13.5. The van der Waals surface area contributed by atoms with Crippen molar-refractivity contribution in [2.75, 3.05) is 0 Å². The second-order valence-electron chi connectivity index (χ2n) is 6.38. The Hall–Kier alpha value is -3.73. The van der Waals surface area contributed by atoms with Gasteiger partial charge in [0.05, 0.1) is 11.0 Å². The number of nitrogens with one attached hydrogen (secondary N) is 1. The van der Waals surface area contributed by atoms with Crippen molar-refractivity contribution < 1.29 is 9.50 Å². The van der Waals surface area contributed by atoms with Crippen LogP contribution in [-0.4, -0.2) is 15.9 Å². The summed E-state index contributed by atoms with van der Waals surface area (Å²) in [5.41, 5.74) is 3.15. The summed E-state index contributed by atoms with van der Waals surface area (Å²) in [7, 11) is 0. The third-order valence-electron chi connectivity index (χ3n) is 4.59. The topological polar surface area (TPSA) is 60.7 Å². The van der Waals surface area contributed by atoms with Crippen LogP contribution in [0.15, 0.2) is 76.7 Å². The molecule has 0 amide bonds. The van der Waals surface area contributed by atoms with E-state index in [1.807, 2.05) is 48.5 Å². The Morgan fingerprint density at radius 1 is 0.926 bits per heavy atom. The highest BCUT2D eigenvalue weighted by Gasteiger charge is 2.11. The molecule has 0 radical (unpaired) electrons. The fraction of sp³-hybridized carbons (Fsp3) is 0. The van der Waals surface area contributed by atoms with Crippen LogP contribution in [0.1, 0.15) is 11.1 Å². The minimum absolute atomic E-state index is 0.136. The lowest BCUT2D eigenvalue weighted by Crippen LogP contribution is -2.07. The Labute approximate surface area is 153 Å². The van der Waals surface area contributed by atoms with Crippen molar-refractivity contribution in [3.63, 3.8) is 0 Å². The highest BCUT2D eigenvalue weighted by Crippen LogP contribution is 2.27. The van der Waals surface area contributed by atoms with Crippen LogP contribution in [0.5, 0.6) is 5.88 Å². The van der Waals surface area contributed by atoms with E-state index in [4.69, 9.17) is 0 Å². The number of hydrogen-bond acceptors (Lipinski definition) is 3. The lowest BCUT2D eigenvalue weighted by molar-refractivity contribution is 0.457. The summed E-state index contributed by atoms with van der Waals surface area (Å²) in [5, 5.41) is 12.9. The SMILES string of the molecule is Oc1[nH]c2ccccc2c1/C=c1/ccc2c(c1)N=C(c1ccc(F)cc1)N=2.